The highest BCUT2D eigenvalue weighted by atomic mass is 16.4. The van der Waals surface area contributed by atoms with Gasteiger partial charge in [0.25, 0.3) is 0 Å². The van der Waals surface area contributed by atoms with Crippen LogP contribution in [0, 0.1) is 11.8 Å². The number of carbonyl (C=O) groups excluding carboxylic acids is 1. The largest absolute Gasteiger partial charge is 0.481 e. The van der Waals surface area contributed by atoms with Crippen LogP contribution in [0.1, 0.15) is 43.7 Å². The predicted molar refractivity (Wildman–Crippen MR) is 85.6 cm³/mol. The molecule has 2 atom stereocenters. The number of amides is 1. The van der Waals surface area contributed by atoms with Crippen molar-refractivity contribution in [3.63, 3.8) is 0 Å². The number of fused-ring (bicyclic) bond motifs is 1. The Kier molecular flexibility index (Phi) is 5.99. The average molecular weight is 303 g/mol. The van der Waals surface area contributed by atoms with Crippen molar-refractivity contribution in [2.75, 3.05) is 6.54 Å². The summed E-state index contributed by atoms with van der Waals surface area (Å²) >= 11 is 0. The fourth-order valence-corrected chi connectivity index (χ4v) is 3.18. The molecule has 0 spiro atoms. The summed E-state index contributed by atoms with van der Waals surface area (Å²) in [6, 6.07) is 8.41. The van der Waals surface area contributed by atoms with Crippen LogP contribution in [0.25, 0.3) is 0 Å². The van der Waals surface area contributed by atoms with Crippen molar-refractivity contribution in [3.8, 4) is 0 Å². The molecule has 1 aliphatic carbocycles. The zero-order valence-corrected chi connectivity index (χ0v) is 13.2. The molecule has 22 heavy (non-hydrogen) atoms. The molecule has 0 aromatic heterocycles. The third-order valence-corrected chi connectivity index (χ3v) is 4.45. The van der Waals surface area contributed by atoms with Crippen molar-refractivity contribution >= 4 is 11.9 Å². The molecule has 1 aliphatic rings. The topological polar surface area (TPSA) is 66.4 Å². The first kappa shape index (κ1) is 16.5. The van der Waals surface area contributed by atoms with Crippen molar-refractivity contribution in [3.05, 3.63) is 35.4 Å². The number of carboxylic acid groups (broad SMARTS) is 1. The standard InChI is InChI=1S/C18H25NO3/c1-2-5-16(18(21)22)12-19-17(20)11-13-8-9-14-6-3-4-7-15(14)10-13/h3-4,6-7,13,16H,2,5,8-12H2,1H3,(H,19,20)(H,21,22). The van der Waals surface area contributed by atoms with E-state index in [1.54, 1.807) is 0 Å². The van der Waals surface area contributed by atoms with Gasteiger partial charge >= 0.3 is 5.97 Å². The van der Waals surface area contributed by atoms with Crippen LogP contribution >= 0.6 is 0 Å². The van der Waals surface area contributed by atoms with Gasteiger partial charge in [0.1, 0.15) is 0 Å². The number of hydrogen-bond acceptors (Lipinski definition) is 2. The molecule has 4 heteroatoms. The van der Waals surface area contributed by atoms with Gasteiger partial charge in [0, 0.05) is 13.0 Å². The van der Waals surface area contributed by atoms with E-state index in [2.05, 4.69) is 23.5 Å². The van der Waals surface area contributed by atoms with E-state index in [0.717, 1.165) is 25.7 Å². The summed E-state index contributed by atoms with van der Waals surface area (Å²) in [6.45, 7) is 2.20. The van der Waals surface area contributed by atoms with Crippen LogP contribution < -0.4 is 5.32 Å². The summed E-state index contributed by atoms with van der Waals surface area (Å²) in [6.07, 6.45) is 4.91. The molecule has 0 saturated carbocycles. The monoisotopic (exact) mass is 303 g/mol. The van der Waals surface area contributed by atoms with Crippen molar-refractivity contribution < 1.29 is 14.7 Å². The Labute approximate surface area is 131 Å². The average Bonchev–Trinajstić information content (AvgIpc) is 2.51. The number of benzene rings is 1. The van der Waals surface area contributed by atoms with Crippen molar-refractivity contribution in [2.24, 2.45) is 11.8 Å². The highest BCUT2D eigenvalue weighted by molar-refractivity contribution is 5.77. The number of carbonyl (C=O) groups is 2. The highest BCUT2D eigenvalue weighted by Gasteiger charge is 2.22. The second-order valence-corrected chi connectivity index (χ2v) is 6.21. The zero-order valence-electron chi connectivity index (χ0n) is 13.2. The molecule has 1 aromatic carbocycles. The van der Waals surface area contributed by atoms with E-state index in [1.807, 2.05) is 13.0 Å². The molecular weight excluding hydrogens is 278 g/mol. The molecule has 0 heterocycles. The Balaban J connectivity index is 1.79. The van der Waals surface area contributed by atoms with Gasteiger partial charge in [-0.05, 0) is 42.7 Å². The Morgan fingerprint density at radius 1 is 1.32 bits per heavy atom. The summed E-state index contributed by atoms with van der Waals surface area (Å²) < 4.78 is 0. The van der Waals surface area contributed by atoms with Crippen molar-refractivity contribution in [1.82, 2.24) is 5.32 Å². The van der Waals surface area contributed by atoms with Gasteiger partial charge in [-0.3, -0.25) is 9.59 Å². The zero-order chi connectivity index (χ0) is 15.9. The smallest absolute Gasteiger partial charge is 0.308 e. The maximum Gasteiger partial charge on any atom is 0.308 e. The van der Waals surface area contributed by atoms with Gasteiger partial charge in [-0.2, -0.15) is 0 Å². The fourth-order valence-electron chi connectivity index (χ4n) is 3.18. The van der Waals surface area contributed by atoms with E-state index < -0.39 is 11.9 Å². The maximum atomic E-state index is 12.1. The quantitative estimate of drug-likeness (QED) is 0.814. The summed E-state index contributed by atoms with van der Waals surface area (Å²) in [7, 11) is 0. The Hall–Kier alpha value is -1.84. The highest BCUT2D eigenvalue weighted by Crippen LogP contribution is 2.27. The Morgan fingerprint density at radius 3 is 2.73 bits per heavy atom. The molecule has 1 aromatic rings. The molecule has 0 aliphatic heterocycles. The number of aryl methyl sites for hydroxylation is 1. The molecule has 2 N–H and O–H groups in total. The van der Waals surface area contributed by atoms with Crippen LogP contribution in [-0.2, 0) is 22.4 Å². The lowest BCUT2D eigenvalue weighted by Gasteiger charge is -2.24. The van der Waals surface area contributed by atoms with Crippen LogP contribution in [0.4, 0.5) is 0 Å². The van der Waals surface area contributed by atoms with Crippen LogP contribution in [0.15, 0.2) is 24.3 Å². The first-order chi connectivity index (χ1) is 10.6. The van der Waals surface area contributed by atoms with Crippen molar-refractivity contribution in [1.29, 1.82) is 0 Å². The lowest BCUT2D eigenvalue weighted by atomic mass is 9.82. The van der Waals surface area contributed by atoms with Crippen LogP contribution in [0.5, 0.6) is 0 Å². The first-order valence-corrected chi connectivity index (χ1v) is 8.16. The Bertz CT molecular complexity index is 527. The molecule has 0 fully saturated rings. The van der Waals surface area contributed by atoms with Crippen LogP contribution in [-0.4, -0.2) is 23.5 Å². The number of carboxylic acids is 1. The first-order valence-electron chi connectivity index (χ1n) is 8.16. The molecule has 2 rings (SSSR count). The van der Waals surface area contributed by atoms with E-state index in [1.165, 1.54) is 11.1 Å². The van der Waals surface area contributed by atoms with E-state index in [0.29, 0.717) is 18.8 Å². The summed E-state index contributed by atoms with van der Waals surface area (Å²) in [5.41, 5.74) is 2.74. The SMILES string of the molecule is CCCC(CNC(=O)CC1CCc2ccccc2C1)C(=O)O. The van der Waals surface area contributed by atoms with E-state index in [9.17, 15) is 9.59 Å². The molecule has 2 unspecified atom stereocenters. The second-order valence-electron chi connectivity index (χ2n) is 6.21. The molecule has 0 radical (unpaired) electrons. The number of hydrogen-bond donors (Lipinski definition) is 2. The van der Waals surface area contributed by atoms with Gasteiger partial charge < -0.3 is 10.4 Å². The molecule has 0 bridgehead atoms. The predicted octanol–water partition coefficient (Wildman–Crippen LogP) is 2.80. The second kappa shape index (κ2) is 7.97. The van der Waals surface area contributed by atoms with Crippen molar-refractivity contribution in [2.45, 2.75) is 45.4 Å². The lowest BCUT2D eigenvalue weighted by molar-refractivity contribution is -0.141. The van der Waals surface area contributed by atoms with Gasteiger partial charge in [0.2, 0.25) is 5.91 Å². The van der Waals surface area contributed by atoms with Crippen LogP contribution in [0.2, 0.25) is 0 Å². The van der Waals surface area contributed by atoms with E-state index >= 15 is 0 Å². The third kappa shape index (κ3) is 4.58. The Morgan fingerprint density at radius 2 is 2.05 bits per heavy atom. The minimum Gasteiger partial charge on any atom is -0.481 e. The number of nitrogens with one attached hydrogen (secondary N) is 1. The number of aliphatic carboxylic acids is 1. The number of rotatable bonds is 7. The van der Waals surface area contributed by atoms with Crippen LogP contribution in [0.3, 0.4) is 0 Å². The van der Waals surface area contributed by atoms with Gasteiger partial charge in [-0.15, -0.1) is 0 Å². The third-order valence-electron chi connectivity index (χ3n) is 4.45. The molecule has 1 amide bonds. The minimum absolute atomic E-state index is 0.0215. The van der Waals surface area contributed by atoms with Gasteiger partial charge in [-0.25, -0.2) is 0 Å². The van der Waals surface area contributed by atoms with Gasteiger partial charge in [0.05, 0.1) is 5.92 Å². The lowest BCUT2D eigenvalue weighted by Crippen LogP contribution is -2.34. The fraction of sp³-hybridized carbons (Fsp3) is 0.556. The van der Waals surface area contributed by atoms with E-state index in [-0.39, 0.29) is 12.5 Å². The summed E-state index contributed by atoms with van der Waals surface area (Å²) in [5.74, 6) is -0.953. The van der Waals surface area contributed by atoms with E-state index in [4.69, 9.17) is 5.11 Å². The molecule has 120 valence electrons. The molecule has 0 saturated heterocycles. The molecule has 4 nitrogen and oxygen atoms in total. The summed E-state index contributed by atoms with van der Waals surface area (Å²) in [4.78, 5) is 23.1. The molecular formula is C18H25NO3. The maximum absolute atomic E-state index is 12.1. The summed E-state index contributed by atoms with van der Waals surface area (Å²) in [5, 5.41) is 11.9. The van der Waals surface area contributed by atoms with Gasteiger partial charge in [-0.1, -0.05) is 37.6 Å². The minimum atomic E-state index is -0.825. The normalized spacial score (nSPS) is 18.3. The van der Waals surface area contributed by atoms with Gasteiger partial charge in [0.15, 0.2) is 0 Å².